The third-order valence-electron chi connectivity index (χ3n) is 2.92. The van der Waals surface area contributed by atoms with Crippen molar-refractivity contribution in [3.63, 3.8) is 0 Å². The van der Waals surface area contributed by atoms with Gasteiger partial charge >= 0.3 is 0 Å². The minimum Gasteiger partial charge on any atom is -0.384 e. The van der Waals surface area contributed by atoms with E-state index in [2.05, 4.69) is 20.3 Å². The number of hydrogen-bond acceptors (Lipinski definition) is 4. The number of nitrogens with two attached hydrogens (primary N) is 1. The molecule has 2 aromatic heterocycles. The van der Waals surface area contributed by atoms with E-state index in [1.165, 1.54) is 0 Å². The predicted octanol–water partition coefficient (Wildman–Crippen LogP) is 2.19. The van der Waals surface area contributed by atoms with Gasteiger partial charge in [-0.25, -0.2) is 9.97 Å². The number of nitrogen functional groups attached to an aromatic ring is 1. The SMILES string of the molecule is Nc1ccc(NCCc2nc3ccccc3[nH]2)cn1. The number of aromatic nitrogens is 3. The van der Waals surface area contributed by atoms with Crippen molar-refractivity contribution >= 4 is 22.5 Å². The third kappa shape index (κ3) is 2.65. The van der Waals surface area contributed by atoms with Gasteiger partial charge < -0.3 is 16.0 Å². The van der Waals surface area contributed by atoms with E-state index in [1.54, 1.807) is 12.3 Å². The van der Waals surface area contributed by atoms with Crippen molar-refractivity contribution in [1.29, 1.82) is 0 Å². The zero-order valence-electron chi connectivity index (χ0n) is 10.4. The summed E-state index contributed by atoms with van der Waals surface area (Å²) in [5.74, 6) is 1.51. The standard InChI is InChI=1S/C14H15N5/c15-13-6-5-10(9-17-13)16-8-7-14-18-11-3-1-2-4-12(11)19-14/h1-6,9,16H,7-8H2,(H2,15,17)(H,18,19). The van der Waals surface area contributed by atoms with Gasteiger partial charge in [0.05, 0.1) is 22.9 Å². The number of hydrogen-bond donors (Lipinski definition) is 3. The van der Waals surface area contributed by atoms with Crippen LogP contribution in [0, 0.1) is 0 Å². The Morgan fingerprint density at radius 2 is 2.05 bits per heavy atom. The van der Waals surface area contributed by atoms with Gasteiger partial charge in [-0.1, -0.05) is 12.1 Å². The molecule has 0 atom stereocenters. The maximum absolute atomic E-state index is 5.54. The molecule has 2 heterocycles. The molecule has 0 amide bonds. The first-order valence-corrected chi connectivity index (χ1v) is 6.20. The Hall–Kier alpha value is -2.56. The van der Waals surface area contributed by atoms with Crippen LogP contribution in [-0.2, 0) is 6.42 Å². The topological polar surface area (TPSA) is 79.6 Å². The lowest BCUT2D eigenvalue weighted by Crippen LogP contribution is -2.06. The Balaban J connectivity index is 1.61. The van der Waals surface area contributed by atoms with Crippen molar-refractivity contribution in [1.82, 2.24) is 15.0 Å². The maximum atomic E-state index is 5.54. The first-order chi connectivity index (χ1) is 9.31. The van der Waals surface area contributed by atoms with E-state index < -0.39 is 0 Å². The van der Waals surface area contributed by atoms with E-state index in [4.69, 9.17) is 5.73 Å². The van der Waals surface area contributed by atoms with Crippen molar-refractivity contribution in [2.45, 2.75) is 6.42 Å². The van der Waals surface area contributed by atoms with Crippen LogP contribution in [-0.4, -0.2) is 21.5 Å². The molecule has 96 valence electrons. The molecule has 0 aliphatic rings. The van der Waals surface area contributed by atoms with Gasteiger partial charge in [-0.3, -0.25) is 0 Å². The molecule has 0 fully saturated rings. The Morgan fingerprint density at radius 3 is 2.84 bits per heavy atom. The summed E-state index contributed by atoms with van der Waals surface area (Å²) in [4.78, 5) is 11.9. The lowest BCUT2D eigenvalue weighted by molar-refractivity contribution is 0.933. The first kappa shape index (κ1) is 11.5. The number of anilines is 2. The number of rotatable bonds is 4. The lowest BCUT2D eigenvalue weighted by atomic mass is 10.3. The lowest BCUT2D eigenvalue weighted by Gasteiger charge is -2.04. The molecule has 3 rings (SSSR count). The van der Waals surface area contributed by atoms with Crippen LogP contribution in [0.5, 0.6) is 0 Å². The molecule has 0 bridgehead atoms. The van der Waals surface area contributed by atoms with Crippen molar-refractivity contribution < 1.29 is 0 Å². The average Bonchev–Trinajstić information content (AvgIpc) is 2.83. The fourth-order valence-electron chi connectivity index (χ4n) is 1.96. The summed E-state index contributed by atoms with van der Waals surface area (Å²) in [6.07, 6.45) is 2.56. The Bertz CT molecular complexity index is 639. The molecule has 19 heavy (non-hydrogen) atoms. The van der Waals surface area contributed by atoms with Gasteiger partial charge in [0, 0.05) is 13.0 Å². The Morgan fingerprint density at radius 1 is 1.16 bits per heavy atom. The zero-order valence-corrected chi connectivity index (χ0v) is 10.4. The number of pyridine rings is 1. The van der Waals surface area contributed by atoms with Crippen LogP contribution < -0.4 is 11.1 Å². The van der Waals surface area contributed by atoms with Gasteiger partial charge in [0.1, 0.15) is 11.6 Å². The van der Waals surface area contributed by atoms with Crippen LogP contribution in [0.1, 0.15) is 5.82 Å². The number of nitrogens with one attached hydrogen (secondary N) is 2. The monoisotopic (exact) mass is 253 g/mol. The number of aromatic amines is 1. The summed E-state index contributed by atoms with van der Waals surface area (Å²) in [5.41, 5.74) is 8.58. The molecule has 1 aromatic carbocycles. The van der Waals surface area contributed by atoms with E-state index in [0.717, 1.165) is 35.5 Å². The van der Waals surface area contributed by atoms with Crippen LogP contribution >= 0.6 is 0 Å². The fraction of sp³-hybridized carbons (Fsp3) is 0.143. The highest BCUT2D eigenvalue weighted by atomic mass is 14.9. The summed E-state index contributed by atoms with van der Waals surface area (Å²) in [6.45, 7) is 0.797. The molecule has 0 spiro atoms. The van der Waals surface area contributed by atoms with Crippen LogP contribution in [0.25, 0.3) is 11.0 Å². The zero-order chi connectivity index (χ0) is 13.1. The highest BCUT2D eigenvalue weighted by Crippen LogP contribution is 2.11. The minimum atomic E-state index is 0.530. The van der Waals surface area contributed by atoms with Crippen molar-refractivity contribution in [2.75, 3.05) is 17.6 Å². The summed E-state index contributed by atoms with van der Waals surface area (Å²) in [5, 5.41) is 3.29. The molecule has 0 saturated carbocycles. The maximum Gasteiger partial charge on any atom is 0.123 e. The summed E-state index contributed by atoms with van der Waals surface area (Å²) in [7, 11) is 0. The second-order valence-corrected chi connectivity index (χ2v) is 4.35. The molecule has 5 heteroatoms. The Kier molecular flexibility index (Phi) is 3.02. The normalized spacial score (nSPS) is 10.7. The molecule has 5 nitrogen and oxygen atoms in total. The first-order valence-electron chi connectivity index (χ1n) is 6.20. The van der Waals surface area contributed by atoms with Gasteiger partial charge in [0.15, 0.2) is 0 Å². The van der Waals surface area contributed by atoms with Gasteiger partial charge in [-0.15, -0.1) is 0 Å². The molecule has 0 saturated heterocycles. The van der Waals surface area contributed by atoms with E-state index >= 15 is 0 Å². The smallest absolute Gasteiger partial charge is 0.123 e. The second-order valence-electron chi connectivity index (χ2n) is 4.35. The number of para-hydroxylation sites is 2. The van der Waals surface area contributed by atoms with Crippen LogP contribution in [0.15, 0.2) is 42.6 Å². The van der Waals surface area contributed by atoms with Crippen LogP contribution in [0.3, 0.4) is 0 Å². The number of nitrogens with zero attached hydrogens (tertiary/aromatic N) is 2. The molecule has 0 aliphatic carbocycles. The summed E-state index contributed by atoms with van der Waals surface area (Å²) < 4.78 is 0. The van der Waals surface area contributed by atoms with E-state index in [1.807, 2.05) is 30.3 Å². The fourth-order valence-corrected chi connectivity index (χ4v) is 1.96. The molecule has 0 aliphatic heterocycles. The molecule has 0 radical (unpaired) electrons. The quantitative estimate of drug-likeness (QED) is 0.666. The van der Waals surface area contributed by atoms with Gasteiger partial charge in [-0.05, 0) is 24.3 Å². The Labute approximate surface area is 110 Å². The summed E-state index contributed by atoms with van der Waals surface area (Å²) in [6, 6.07) is 11.7. The summed E-state index contributed by atoms with van der Waals surface area (Å²) >= 11 is 0. The van der Waals surface area contributed by atoms with Crippen molar-refractivity contribution in [2.24, 2.45) is 0 Å². The number of benzene rings is 1. The van der Waals surface area contributed by atoms with Gasteiger partial charge in [0.25, 0.3) is 0 Å². The number of H-pyrrole nitrogens is 1. The second kappa shape index (κ2) is 4.97. The molecule has 0 unspecified atom stereocenters. The predicted molar refractivity (Wildman–Crippen MR) is 76.9 cm³/mol. The molecule has 4 N–H and O–H groups in total. The van der Waals surface area contributed by atoms with Crippen molar-refractivity contribution in [3.8, 4) is 0 Å². The minimum absolute atomic E-state index is 0.530. The number of imidazole rings is 1. The van der Waals surface area contributed by atoms with Gasteiger partial charge in [0.2, 0.25) is 0 Å². The highest BCUT2D eigenvalue weighted by molar-refractivity contribution is 5.74. The third-order valence-corrected chi connectivity index (χ3v) is 2.92. The van der Waals surface area contributed by atoms with Gasteiger partial charge in [-0.2, -0.15) is 0 Å². The largest absolute Gasteiger partial charge is 0.384 e. The van der Waals surface area contributed by atoms with Crippen LogP contribution in [0.2, 0.25) is 0 Å². The van der Waals surface area contributed by atoms with E-state index in [-0.39, 0.29) is 0 Å². The number of fused-ring (bicyclic) bond motifs is 1. The van der Waals surface area contributed by atoms with Crippen LogP contribution in [0.4, 0.5) is 11.5 Å². The highest BCUT2D eigenvalue weighted by Gasteiger charge is 2.01. The molecular formula is C14H15N5. The van der Waals surface area contributed by atoms with E-state index in [9.17, 15) is 0 Å². The average molecular weight is 253 g/mol. The van der Waals surface area contributed by atoms with E-state index in [0.29, 0.717) is 5.82 Å². The molecule has 3 aromatic rings. The molecular weight excluding hydrogens is 238 g/mol. The van der Waals surface area contributed by atoms with Crippen molar-refractivity contribution in [3.05, 3.63) is 48.4 Å².